The zero-order valence-electron chi connectivity index (χ0n) is 15.6. The van der Waals surface area contributed by atoms with Gasteiger partial charge in [0.25, 0.3) is 0 Å². The lowest BCUT2D eigenvalue weighted by molar-refractivity contribution is -0.121. The van der Waals surface area contributed by atoms with Crippen LogP contribution in [0, 0.1) is 5.82 Å². The molecule has 1 saturated carbocycles. The maximum absolute atomic E-state index is 13.3. The SMILES string of the molecule is O=C(CCn1c(=O)oc2ccccc21)NCC1(c2ccc(F)cc2)CCCC1. The molecule has 5 nitrogen and oxygen atoms in total. The molecule has 0 radical (unpaired) electrons. The standard InChI is InChI=1S/C22H23FN2O3/c23-17-9-7-16(8-10-17)22(12-3-4-13-22)15-24-20(26)11-14-25-18-5-1-2-6-19(18)28-21(25)27/h1-2,5-10H,3-4,11-15H2,(H,24,26). The minimum Gasteiger partial charge on any atom is -0.408 e. The summed E-state index contributed by atoms with van der Waals surface area (Å²) in [5.74, 6) is -0.808. The first-order valence-corrected chi connectivity index (χ1v) is 9.69. The molecule has 6 heteroatoms. The number of aryl methyl sites for hydroxylation is 1. The molecule has 1 aromatic heterocycles. The molecule has 1 heterocycles. The van der Waals surface area contributed by atoms with Crippen LogP contribution >= 0.6 is 0 Å². The average Bonchev–Trinajstić information content (AvgIpc) is 3.30. The molecule has 0 aliphatic heterocycles. The van der Waals surface area contributed by atoms with Crippen LogP contribution in [0.3, 0.4) is 0 Å². The Morgan fingerprint density at radius 1 is 1.11 bits per heavy atom. The molecule has 0 bridgehead atoms. The van der Waals surface area contributed by atoms with Gasteiger partial charge >= 0.3 is 5.76 Å². The Hall–Kier alpha value is -2.89. The van der Waals surface area contributed by atoms with E-state index in [1.54, 1.807) is 18.2 Å². The van der Waals surface area contributed by atoms with E-state index in [1.165, 1.54) is 16.7 Å². The van der Waals surface area contributed by atoms with Crippen molar-refractivity contribution in [2.45, 2.75) is 44.1 Å². The van der Waals surface area contributed by atoms with Crippen LogP contribution in [0.5, 0.6) is 0 Å². The fourth-order valence-corrected chi connectivity index (χ4v) is 4.22. The van der Waals surface area contributed by atoms with Gasteiger partial charge in [-0.3, -0.25) is 9.36 Å². The lowest BCUT2D eigenvalue weighted by atomic mass is 9.79. The molecule has 1 fully saturated rings. The van der Waals surface area contributed by atoms with Gasteiger partial charge in [0.15, 0.2) is 5.58 Å². The first kappa shape index (κ1) is 18.5. The van der Waals surface area contributed by atoms with Crippen molar-refractivity contribution in [3.63, 3.8) is 0 Å². The van der Waals surface area contributed by atoms with E-state index in [1.807, 2.05) is 18.2 Å². The summed E-state index contributed by atoms with van der Waals surface area (Å²) < 4.78 is 20.0. The number of carbonyl (C=O) groups is 1. The van der Waals surface area contributed by atoms with Gasteiger partial charge in [-0.05, 0) is 42.7 Å². The topological polar surface area (TPSA) is 64.2 Å². The lowest BCUT2D eigenvalue weighted by Gasteiger charge is -2.30. The van der Waals surface area contributed by atoms with E-state index >= 15 is 0 Å². The zero-order chi connectivity index (χ0) is 19.6. The van der Waals surface area contributed by atoms with E-state index in [4.69, 9.17) is 4.42 Å². The second-order valence-electron chi connectivity index (χ2n) is 7.51. The predicted molar refractivity (Wildman–Crippen MR) is 105 cm³/mol. The minimum atomic E-state index is -0.451. The van der Waals surface area contributed by atoms with Crippen molar-refractivity contribution in [2.24, 2.45) is 0 Å². The average molecular weight is 382 g/mol. The second-order valence-corrected chi connectivity index (χ2v) is 7.51. The second kappa shape index (κ2) is 7.62. The third-order valence-electron chi connectivity index (χ3n) is 5.78. The van der Waals surface area contributed by atoms with Crippen LogP contribution in [0.1, 0.15) is 37.7 Å². The largest absolute Gasteiger partial charge is 0.419 e. The molecule has 28 heavy (non-hydrogen) atoms. The molecular formula is C22H23FN2O3. The molecule has 1 aliphatic rings. The Morgan fingerprint density at radius 3 is 2.57 bits per heavy atom. The van der Waals surface area contributed by atoms with E-state index in [0.717, 1.165) is 31.2 Å². The number of fused-ring (bicyclic) bond motifs is 1. The summed E-state index contributed by atoms with van der Waals surface area (Å²) >= 11 is 0. The van der Waals surface area contributed by atoms with Gasteiger partial charge in [0.2, 0.25) is 5.91 Å². The summed E-state index contributed by atoms with van der Waals surface area (Å²) in [6.07, 6.45) is 4.35. The lowest BCUT2D eigenvalue weighted by Crippen LogP contribution is -2.39. The minimum absolute atomic E-state index is 0.106. The Kier molecular flexibility index (Phi) is 5.03. The van der Waals surface area contributed by atoms with E-state index in [-0.39, 0.29) is 30.1 Å². The summed E-state index contributed by atoms with van der Waals surface area (Å²) in [6.45, 7) is 0.795. The van der Waals surface area contributed by atoms with Crippen molar-refractivity contribution < 1.29 is 13.6 Å². The highest BCUT2D eigenvalue weighted by molar-refractivity contribution is 5.77. The van der Waals surface area contributed by atoms with Crippen LogP contribution in [-0.2, 0) is 16.8 Å². The Morgan fingerprint density at radius 2 is 1.82 bits per heavy atom. The summed E-state index contributed by atoms with van der Waals surface area (Å²) in [6, 6.07) is 13.8. The molecule has 1 amide bonds. The van der Waals surface area contributed by atoms with Crippen molar-refractivity contribution in [3.8, 4) is 0 Å². The predicted octanol–water partition coefficient (Wildman–Crippen LogP) is 3.75. The number of aromatic nitrogens is 1. The van der Waals surface area contributed by atoms with Crippen molar-refractivity contribution in [1.29, 1.82) is 0 Å². The fourth-order valence-electron chi connectivity index (χ4n) is 4.22. The maximum atomic E-state index is 13.3. The number of para-hydroxylation sites is 2. The first-order chi connectivity index (χ1) is 13.6. The molecule has 1 aliphatic carbocycles. The zero-order valence-corrected chi connectivity index (χ0v) is 15.6. The number of benzene rings is 2. The number of hydrogen-bond acceptors (Lipinski definition) is 3. The number of amides is 1. The molecular weight excluding hydrogens is 359 g/mol. The molecule has 0 atom stereocenters. The molecule has 0 unspecified atom stereocenters. The molecule has 0 saturated heterocycles. The number of nitrogens with zero attached hydrogens (tertiary/aromatic N) is 1. The highest BCUT2D eigenvalue weighted by Crippen LogP contribution is 2.40. The molecule has 3 aromatic rings. The smallest absolute Gasteiger partial charge is 0.408 e. The van der Waals surface area contributed by atoms with Gasteiger partial charge in [0, 0.05) is 24.9 Å². The number of oxazole rings is 1. The van der Waals surface area contributed by atoms with Gasteiger partial charge in [-0.25, -0.2) is 9.18 Å². The third-order valence-corrected chi connectivity index (χ3v) is 5.78. The summed E-state index contributed by atoms with van der Waals surface area (Å²) in [4.78, 5) is 24.5. The molecule has 146 valence electrons. The Balaban J connectivity index is 1.41. The highest BCUT2D eigenvalue weighted by Gasteiger charge is 2.35. The van der Waals surface area contributed by atoms with Crippen molar-refractivity contribution in [2.75, 3.05) is 6.54 Å². The number of rotatable bonds is 6. The molecule has 4 rings (SSSR count). The van der Waals surface area contributed by atoms with E-state index < -0.39 is 5.76 Å². The number of carbonyl (C=O) groups excluding carboxylic acids is 1. The van der Waals surface area contributed by atoms with Gasteiger partial charge in [-0.1, -0.05) is 37.1 Å². The Labute approximate surface area is 162 Å². The van der Waals surface area contributed by atoms with E-state index in [0.29, 0.717) is 17.6 Å². The summed E-state index contributed by atoms with van der Waals surface area (Å²) in [5, 5.41) is 3.03. The third kappa shape index (κ3) is 3.59. The first-order valence-electron chi connectivity index (χ1n) is 9.69. The van der Waals surface area contributed by atoms with Crippen molar-refractivity contribution in [3.05, 3.63) is 70.5 Å². The number of nitrogens with one attached hydrogen (secondary N) is 1. The quantitative estimate of drug-likeness (QED) is 0.706. The van der Waals surface area contributed by atoms with Crippen molar-refractivity contribution >= 4 is 17.0 Å². The molecule has 0 spiro atoms. The van der Waals surface area contributed by atoms with Gasteiger partial charge < -0.3 is 9.73 Å². The Bertz CT molecular complexity index is 1030. The normalized spacial score (nSPS) is 15.8. The fraction of sp³-hybridized carbons (Fsp3) is 0.364. The van der Waals surface area contributed by atoms with Crippen LogP contribution in [0.15, 0.2) is 57.7 Å². The monoisotopic (exact) mass is 382 g/mol. The number of halogens is 1. The van der Waals surface area contributed by atoms with Gasteiger partial charge in [-0.15, -0.1) is 0 Å². The maximum Gasteiger partial charge on any atom is 0.419 e. The van der Waals surface area contributed by atoms with Crippen LogP contribution < -0.4 is 11.1 Å². The van der Waals surface area contributed by atoms with Crippen LogP contribution in [0.4, 0.5) is 4.39 Å². The van der Waals surface area contributed by atoms with Crippen LogP contribution in [0.25, 0.3) is 11.1 Å². The van der Waals surface area contributed by atoms with Crippen LogP contribution in [-0.4, -0.2) is 17.0 Å². The van der Waals surface area contributed by atoms with E-state index in [9.17, 15) is 14.0 Å². The van der Waals surface area contributed by atoms with E-state index in [2.05, 4.69) is 5.32 Å². The molecule has 1 N–H and O–H groups in total. The van der Waals surface area contributed by atoms with Gasteiger partial charge in [-0.2, -0.15) is 0 Å². The van der Waals surface area contributed by atoms with Gasteiger partial charge in [0.1, 0.15) is 5.82 Å². The van der Waals surface area contributed by atoms with Crippen LogP contribution in [0.2, 0.25) is 0 Å². The van der Waals surface area contributed by atoms with Gasteiger partial charge in [0.05, 0.1) is 5.52 Å². The molecule has 2 aromatic carbocycles. The summed E-state index contributed by atoms with van der Waals surface area (Å²) in [5.41, 5.74) is 2.15. The van der Waals surface area contributed by atoms with Crippen molar-refractivity contribution in [1.82, 2.24) is 9.88 Å². The summed E-state index contributed by atoms with van der Waals surface area (Å²) in [7, 11) is 0. The number of hydrogen-bond donors (Lipinski definition) is 1. The highest BCUT2D eigenvalue weighted by atomic mass is 19.1.